The van der Waals surface area contributed by atoms with Crippen LogP contribution in [0, 0.1) is 0 Å². The van der Waals surface area contributed by atoms with Crippen molar-refractivity contribution in [3.63, 3.8) is 0 Å². The molecule has 0 spiro atoms. The summed E-state index contributed by atoms with van der Waals surface area (Å²) in [6.07, 6.45) is -2.46. The molecule has 1 aromatic carbocycles. The van der Waals surface area contributed by atoms with Gasteiger partial charge < -0.3 is 18.8 Å². The minimum absolute atomic E-state index is 0.0620. The SMILES string of the molecule is CN1OC(=O)C=C(CCC(Oc2ccc(C(F)(F)F)cc2)c2ccco2)C(=O)O1. The van der Waals surface area contributed by atoms with E-state index in [1.54, 1.807) is 12.1 Å². The second-order valence-corrected chi connectivity index (χ2v) is 6.08. The van der Waals surface area contributed by atoms with Crippen molar-refractivity contribution < 1.29 is 41.6 Å². The van der Waals surface area contributed by atoms with Crippen LogP contribution >= 0.6 is 0 Å². The van der Waals surface area contributed by atoms with E-state index in [9.17, 15) is 22.8 Å². The first kappa shape index (κ1) is 20.5. The Morgan fingerprint density at radius 3 is 2.45 bits per heavy atom. The van der Waals surface area contributed by atoms with Crippen LogP contribution in [-0.4, -0.2) is 24.2 Å². The van der Waals surface area contributed by atoms with Gasteiger partial charge in [-0.15, -0.1) is 0 Å². The van der Waals surface area contributed by atoms with Crippen LogP contribution in [0.5, 0.6) is 5.75 Å². The summed E-state index contributed by atoms with van der Waals surface area (Å²) in [5.41, 5.74) is -0.736. The minimum Gasteiger partial charge on any atom is -0.482 e. The zero-order valence-electron chi connectivity index (χ0n) is 15.1. The van der Waals surface area contributed by atoms with E-state index in [2.05, 4.69) is 4.84 Å². The summed E-state index contributed by atoms with van der Waals surface area (Å²) >= 11 is 0. The average molecular weight is 411 g/mol. The number of carbonyl (C=O) groups is 2. The highest BCUT2D eigenvalue weighted by molar-refractivity contribution is 5.96. The fraction of sp³-hybridized carbons (Fsp3) is 0.263. The van der Waals surface area contributed by atoms with E-state index in [0.29, 0.717) is 11.0 Å². The first-order valence-electron chi connectivity index (χ1n) is 8.48. The van der Waals surface area contributed by atoms with Gasteiger partial charge in [-0.3, -0.25) is 0 Å². The van der Waals surface area contributed by atoms with Crippen LogP contribution in [0.3, 0.4) is 0 Å². The number of hydrogen-bond acceptors (Lipinski definition) is 7. The van der Waals surface area contributed by atoms with Gasteiger partial charge in [0.25, 0.3) is 0 Å². The van der Waals surface area contributed by atoms with Crippen LogP contribution in [0.2, 0.25) is 0 Å². The summed E-state index contributed by atoms with van der Waals surface area (Å²) in [5, 5.41) is 0.650. The highest BCUT2D eigenvalue weighted by Gasteiger charge is 2.30. The molecule has 0 N–H and O–H groups in total. The number of furan rings is 1. The van der Waals surface area contributed by atoms with Gasteiger partial charge in [-0.1, -0.05) is 0 Å². The normalized spacial score (nSPS) is 16.5. The van der Waals surface area contributed by atoms with E-state index in [-0.39, 0.29) is 24.2 Å². The summed E-state index contributed by atoms with van der Waals surface area (Å²) in [6.45, 7) is 0. The van der Waals surface area contributed by atoms with Gasteiger partial charge in [0.05, 0.1) is 18.9 Å². The molecule has 1 atom stereocenters. The Kier molecular flexibility index (Phi) is 5.92. The lowest BCUT2D eigenvalue weighted by molar-refractivity contribution is -0.304. The highest BCUT2D eigenvalue weighted by atomic mass is 19.4. The first-order valence-corrected chi connectivity index (χ1v) is 8.48. The van der Waals surface area contributed by atoms with Gasteiger partial charge in [0.15, 0.2) is 6.10 Å². The Morgan fingerprint density at radius 1 is 1.10 bits per heavy atom. The molecule has 29 heavy (non-hydrogen) atoms. The molecule has 0 amide bonds. The molecule has 2 heterocycles. The third kappa shape index (κ3) is 5.38. The molecule has 0 aliphatic carbocycles. The van der Waals surface area contributed by atoms with Gasteiger partial charge in [0.1, 0.15) is 11.5 Å². The van der Waals surface area contributed by atoms with Gasteiger partial charge in [-0.25, -0.2) is 9.59 Å². The molecular formula is C19H16F3NO6. The molecule has 1 unspecified atom stereocenters. The van der Waals surface area contributed by atoms with Gasteiger partial charge in [-0.05, 0) is 49.2 Å². The number of hydroxylamine groups is 2. The third-order valence-corrected chi connectivity index (χ3v) is 3.98. The summed E-state index contributed by atoms with van der Waals surface area (Å²) in [6, 6.07) is 7.48. The number of hydrogen-bond donors (Lipinski definition) is 0. The number of alkyl halides is 3. The maximum Gasteiger partial charge on any atom is 0.416 e. The third-order valence-electron chi connectivity index (χ3n) is 3.98. The van der Waals surface area contributed by atoms with Crippen LogP contribution in [0.1, 0.15) is 30.3 Å². The number of nitrogens with zero attached hydrogens (tertiary/aromatic N) is 1. The summed E-state index contributed by atoms with van der Waals surface area (Å²) in [5.74, 6) is -0.930. The Bertz CT molecular complexity index is 890. The average Bonchev–Trinajstić information content (AvgIpc) is 3.13. The van der Waals surface area contributed by atoms with E-state index >= 15 is 0 Å². The fourth-order valence-electron chi connectivity index (χ4n) is 2.63. The lowest BCUT2D eigenvalue weighted by Gasteiger charge is -2.18. The Labute approximate surface area is 163 Å². The van der Waals surface area contributed by atoms with Crippen LogP contribution < -0.4 is 4.74 Å². The van der Waals surface area contributed by atoms with Gasteiger partial charge >= 0.3 is 18.1 Å². The maximum absolute atomic E-state index is 12.7. The summed E-state index contributed by atoms with van der Waals surface area (Å²) in [7, 11) is 1.26. The van der Waals surface area contributed by atoms with Gasteiger partial charge in [0.2, 0.25) is 0 Å². The molecule has 2 aromatic rings. The standard InChI is InChI=1S/C19H16F3NO6/c1-23-28-17(24)11-12(18(25)29-23)4-9-16(15-3-2-10-26-15)27-14-7-5-13(6-8-14)19(20,21)22/h2-3,5-8,10-11,16H,4,9H2,1H3. The number of benzene rings is 1. The first-order chi connectivity index (χ1) is 13.7. The molecular weight excluding hydrogens is 395 g/mol. The lowest BCUT2D eigenvalue weighted by Crippen LogP contribution is -2.23. The largest absolute Gasteiger partial charge is 0.482 e. The monoisotopic (exact) mass is 411 g/mol. The van der Waals surface area contributed by atoms with Crippen molar-refractivity contribution in [2.75, 3.05) is 7.05 Å². The topological polar surface area (TPSA) is 78.2 Å². The number of ether oxygens (including phenoxy) is 1. The van der Waals surface area contributed by atoms with Gasteiger partial charge in [0, 0.05) is 16.9 Å². The van der Waals surface area contributed by atoms with E-state index in [4.69, 9.17) is 14.0 Å². The predicted octanol–water partition coefficient (Wildman–Crippen LogP) is 3.99. The summed E-state index contributed by atoms with van der Waals surface area (Å²) < 4.78 is 49.2. The Hall–Kier alpha value is -3.27. The predicted molar refractivity (Wildman–Crippen MR) is 90.8 cm³/mol. The van der Waals surface area contributed by atoms with Crippen molar-refractivity contribution in [3.05, 3.63) is 65.6 Å². The quantitative estimate of drug-likeness (QED) is 0.711. The zero-order valence-corrected chi connectivity index (χ0v) is 15.1. The molecule has 3 rings (SSSR count). The van der Waals surface area contributed by atoms with E-state index < -0.39 is 29.8 Å². The van der Waals surface area contributed by atoms with Crippen molar-refractivity contribution >= 4 is 11.9 Å². The maximum atomic E-state index is 12.7. The molecule has 0 bridgehead atoms. The second-order valence-electron chi connectivity index (χ2n) is 6.08. The molecule has 10 heteroatoms. The van der Waals surface area contributed by atoms with Gasteiger partial charge in [-0.2, -0.15) is 13.2 Å². The molecule has 7 nitrogen and oxygen atoms in total. The van der Waals surface area contributed by atoms with Crippen LogP contribution in [0.4, 0.5) is 13.2 Å². The summed E-state index contributed by atoms with van der Waals surface area (Å²) in [4.78, 5) is 33.1. The Balaban J connectivity index is 1.73. The molecule has 1 aromatic heterocycles. The number of halogens is 3. The Morgan fingerprint density at radius 2 is 1.83 bits per heavy atom. The lowest BCUT2D eigenvalue weighted by atomic mass is 10.0. The molecule has 0 radical (unpaired) electrons. The van der Waals surface area contributed by atoms with Crippen molar-refractivity contribution in [3.8, 4) is 5.75 Å². The second kappa shape index (κ2) is 8.39. The molecule has 1 aliphatic rings. The molecule has 1 aliphatic heterocycles. The minimum atomic E-state index is -4.45. The molecule has 0 fully saturated rings. The highest BCUT2D eigenvalue weighted by Crippen LogP contribution is 2.33. The molecule has 0 saturated carbocycles. The van der Waals surface area contributed by atoms with Crippen LogP contribution in [0.25, 0.3) is 0 Å². The molecule has 154 valence electrons. The van der Waals surface area contributed by atoms with Crippen molar-refractivity contribution in [2.24, 2.45) is 0 Å². The smallest absolute Gasteiger partial charge is 0.416 e. The zero-order chi connectivity index (χ0) is 21.0. The van der Waals surface area contributed by atoms with Crippen molar-refractivity contribution in [1.29, 1.82) is 0 Å². The van der Waals surface area contributed by atoms with Crippen LogP contribution in [0.15, 0.2) is 58.7 Å². The number of carbonyl (C=O) groups excluding carboxylic acids is 2. The van der Waals surface area contributed by atoms with Crippen molar-refractivity contribution in [1.82, 2.24) is 5.23 Å². The van der Waals surface area contributed by atoms with E-state index in [1.165, 1.54) is 25.4 Å². The number of rotatable bonds is 6. The van der Waals surface area contributed by atoms with E-state index in [1.807, 2.05) is 0 Å². The van der Waals surface area contributed by atoms with Crippen LogP contribution in [-0.2, 0) is 25.4 Å². The van der Waals surface area contributed by atoms with Crippen molar-refractivity contribution in [2.45, 2.75) is 25.1 Å². The molecule has 0 saturated heterocycles. The van der Waals surface area contributed by atoms with E-state index in [0.717, 1.165) is 18.2 Å². The fourth-order valence-corrected chi connectivity index (χ4v) is 2.63.